The van der Waals surface area contributed by atoms with Gasteiger partial charge in [-0.25, -0.2) is 4.79 Å². The van der Waals surface area contributed by atoms with E-state index in [1.54, 1.807) is 0 Å². The predicted octanol–water partition coefficient (Wildman–Crippen LogP) is 5.42. The first-order valence-electron chi connectivity index (χ1n) is 8.29. The van der Waals surface area contributed by atoms with E-state index in [4.69, 9.17) is 9.47 Å². The molecular formula is C18H37NO3. The molecule has 0 aliphatic heterocycles. The van der Waals surface area contributed by atoms with Crippen molar-refractivity contribution in [2.24, 2.45) is 0 Å². The third kappa shape index (κ3) is 15.2. The second-order valence-corrected chi connectivity index (χ2v) is 7.04. The molecule has 4 nitrogen and oxygen atoms in total. The first kappa shape index (κ1) is 23.1. The van der Waals surface area contributed by atoms with Crippen LogP contribution >= 0.6 is 0 Å². The Balaban J connectivity index is 0. The number of allylic oxidation sites excluding steroid dienone is 1. The molecule has 1 atom stereocenters. The van der Waals surface area contributed by atoms with Crippen molar-refractivity contribution >= 4 is 6.09 Å². The number of alkyl carbamates (subject to hydrolysis) is 1. The highest BCUT2D eigenvalue weighted by atomic mass is 16.6. The molecule has 0 aliphatic rings. The van der Waals surface area contributed by atoms with Crippen molar-refractivity contribution in [2.75, 3.05) is 0 Å². The van der Waals surface area contributed by atoms with Gasteiger partial charge in [-0.15, -0.1) is 0 Å². The van der Waals surface area contributed by atoms with Crippen LogP contribution in [0.15, 0.2) is 12.3 Å². The van der Waals surface area contributed by atoms with Crippen LogP contribution in [0.4, 0.5) is 4.79 Å². The minimum absolute atomic E-state index is 0.0742. The molecular weight excluding hydrogens is 278 g/mol. The van der Waals surface area contributed by atoms with Gasteiger partial charge in [0.05, 0.1) is 5.76 Å². The summed E-state index contributed by atoms with van der Waals surface area (Å²) in [7, 11) is 0. The topological polar surface area (TPSA) is 47.6 Å². The molecule has 0 saturated carbocycles. The summed E-state index contributed by atoms with van der Waals surface area (Å²) in [5.74, 6) is 0.752. The zero-order valence-electron chi connectivity index (χ0n) is 16.1. The van der Waals surface area contributed by atoms with Crippen LogP contribution in [-0.4, -0.2) is 23.3 Å². The van der Waals surface area contributed by atoms with Crippen LogP contribution in [0, 0.1) is 0 Å². The number of ether oxygens (including phenoxy) is 2. The van der Waals surface area contributed by atoms with E-state index < -0.39 is 5.60 Å². The van der Waals surface area contributed by atoms with Crippen LogP contribution in [0.25, 0.3) is 0 Å². The molecule has 0 aliphatic carbocycles. The van der Waals surface area contributed by atoms with Crippen molar-refractivity contribution in [2.45, 2.75) is 98.8 Å². The first-order chi connectivity index (χ1) is 9.93. The number of carbonyl (C=O) groups excluding carboxylic acids is 1. The van der Waals surface area contributed by atoms with E-state index in [2.05, 4.69) is 11.9 Å². The second kappa shape index (κ2) is 10.5. The maximum absolute atomic E-state index is 11.7. The molecule has 0 spiro atoms. The van der Waals surface area contributed by atoms with Crippen molar-refractivity contribution in [3.8, 4) is 0 Å². The fourth-order valence-electron chi connectivity index (χ4n) is 1.67. The lowest BCUT2D eigenvalue weighted by atomic mass is 10.1. The minimum atomic E-state index is -0.471. The minimum Gasteiger partial charge on any atom is -0.493 e. The fraction of sp³-hybridized carbons (Fsp3) is 0.833. The quantitative estimate of drug-likeness (QED) is 0.665. The van der Waals surface area contributed by atoms with Gasteiger partial charge in [-0.05, 0) is 54.4 Å². The summed E-state index contributed by atoms with van der Waals surface area (Å²) in [5.41, 5.74) is -0.696. The van der Waals surface area contributed by atoms with Gasteiger partial charge in [0.2, 0.25) is 0 Å². The second-order valence-electron chi connectivity index (χ2n) is 7.04. The van der Waals surface area contributed by atoms with Crippen LogP contribution in [0.1, 0.15) is 81.6 Å². The van der Waals surface area contributed by atoms with Crippen molar-refractivity contribution in [1.29, 1.82) is 0 Å². The molecule has 0 fully saturated rings. The van der Waals surface area contributed by atoms with Crippen LogP contribution in [0.5, 0.6) is 0 Å². The maximum atomic E-state index is 11.7. The van der Waals surface area contributed by atoms with E-state index in [1.807, 2.05) is 62.3 Å². The van der Waals surface area contributed by atoms with Gasteiger partial charge in [-0.3, -0.25) is 0 Å². The van der Waals surface area contributed by atoms with Crippen molar-refractivity contribution in [3.05, 3.63) is 12.3 Å². The summed E-state index contributed by atoms with van der Waals surface area (Å²) in [6, 6.07) is 0.0742. The Hall–Kier alpha value is -1.19. The van der Waals surface area contributed by atoms with Crippen molar-refractivity contribution in [3.63, 3.8) is 0 Å². The van der Waals surface area contributed by atoms with E-state index in [0.717, 1.165) is 25.0 Å². The van der Waals surface area contributed by atoms with Crippen LogP contribution in [-0.2, 0) is 9.47 Å². The molecule has 0 bridgehead atoms. The van der Waals surface area contributed by atoms with E-state index in [-0.39, 0.29) is 17.7 Å². The number of hydrogen-bond donors (Lipinski definition) is 1. The largest absolute Gasteiger partial charge is 0.493 e. The lowest BCUT2D eigenvalue weighted by Gasteiger charge is -2.25. The van der Waals surface area contributed by atoms with Gasteiger partial charge in [0.15, 0.2) is 0 Å². The molecule has 0 radical (unpaired) electrons. The molecule has 1 amide bonds. The summed E-state index contributed by atoms with van der Waals surface area (Å²) >= 11 is 0. The Bertz CT molecular complexity index is 324. The van der Waals surface area contributed by atoms with E-state index >= 15 is 0 Å². The number of nitrogens with one attached hydrogen (secondary N) is 1. The molecule has 0 aromatic heterocycles. The molecule has 0 heterocycles. The third-order valence-corrected chi connectivity index (χ3v) is 2.44. The van der Waals surface area contributed by atoms with Gasteiger partial charge in [-0.2, -0.15) is 0 Å². The fourth-order valence-corrected chi connectivity index (χ4v) is 1.67. The molecule has 1 N–H and O–H groups in total. The monoisotopic (exact) mass is 315 g/mol. The Morgan fingerprint density at radius 1 is 1.05 bits per heavy atom. The maximum Gasteiger partial charge on any atom is 0.407 e. The zero-order chi connectivity index (χ0) is 18.0. The smallest absolute Gasteiger partial charge is 0.407 e. The summed E-state index contributed by atoms with van der Waals surface area (Å²) in [6.45, 7) is 21.5. The molecule has 0 rings (SSSR count). The van der Waals surface area contributed by atoms with E-state index in [0.29, 0.717) is 0 Å². The number of hydrogen-bond acceptors (Lipinski definition) is 3. The average Bonchev–Trinajstić information content (AvgIpc) is 2.32. The lowest BCUT2D eigenvalue weighted by Crippen LogP contribution is -2.39. The predicted molar refractivity (Wildman–Crippen MR) is 94.0 cm³/mol. The van der Waals surface area contributed by atoms with Crippen molar-refractivity contribution in [1.82, 2.24) is 5.32 Å². The molecule has 132 valence electrons. The van der Waals surface area contributed by atoms with Gasteiger partial charge in [0.1, 0.15) is 11.2 Å². The Labute approximate surface area is 137 Å². The molecule has 4 heteroatoms. The summed E-state index contributed by atoms with van der Waals surface area (Å²) in [4.78, 5) is 11.7. The number of rotatable bonds is 6. The van der Waals surface area contributed by atoms with Gasteiger partial charge in [0, 0.05) is 12.5 Å². The van der Waals surface area contributed by atoms with Crippen LogP contribution in [0.2, 0.25) is 0 Å². The average molecular weight is 315 g/mol. The molecule has 22 heavy (non-hydrogen) atoms. The van der Waals surface area contributed by atoms with Crippen LogP contribution < -0.4 is 5.32 Å². The first-order valence-corrected chi connectivity index (χ1v) is 8.29. The highest BCUT2D eigenvalue weighted by Crippen LogP contribution is 2.17. The third-order valence-electron chi connectivity index (χ3n) is 2.44. The number of amides is 1. The number of carbonyl (C=O) groups is 1. The highest BCUT2D eigenvalue weighted by Gasteiger charge is 2.19. The van der Waals surface area contributed by atoms with E-state index in [1.165, 1.54) is 0 Å². The van der Waals surface area contributed by atoms with Gasteiger partial charge < -0.3 is 14.8 Å². The Morgan fingerprint density at radius 3 is 1.86 bits per heavy atom. The Kier molecular flexibility index (Phi) is 11.0. The van der Waals surface area contributed by atoms with Gasteiger partial charge in [-0.1, -0.05) is 27.4 Å². The summed E-state index contributed by atoms with van der Waals surface area (Å²) in [5, 5.41) is 2.88. The van der Waals surface area contributed by atoms with Gasteiger partial charge >= 0.3 is 6.09 Å². The highest BCUT2D eigenvalue weighted by molar-refractivity contribution is 5.68. The summed E-state index contributed by atoms with van der Waals surface area (Å²) in [6.07, 6.45) is 2.00. The normalized spacial score (nSPS) is 12.6. The molecule has 0 aromatic carbocycles. The molecule has 0 aromatic rings. The Morgan fingerprint density at radius 2 is 1.50 bits per heavy atom. The van der Waals surface area contributed by atoms with E-state index in [9.17, 15) is 4.79 Å². The lowest BCUT2D eigenvalue weighted by molar-refractivity contribution is 0.0431. The zero-order valence-corrected chi connectivity index (χ0v) is 16.1. The van der Waals surface area contributed by atoms with Gasteiger partial charge in [0.25, 0.3) is 0 Å². The molecule has 0 saturated heterocycles. The standard InChI is InChI=1S/C16H31NO3.C2H6/c1-9-13(17-14(18)20-16(6,7)8)11-10-12(2)19-15(3,4)5;1-2/h13H,2,9-11H2,1,3-8H3,(H,17,18);1-2H3/t13-;/m1./s1. The molecule has 0 unspecified atom stereocenters. The summed E-state index contributed by atoms with van der Waals surface area (Å²) < 4.78 is 10.9. The van der Waals surface area contributed by atoms with Crippen molar-refractivity contribution < 1.29 is 14.3 Å². The SMILES string of the molecule is C=C(CC[C@@H](CC)NC(=O)OC(C)(C)C)OC(C)(C)C.CC. The van der Waals surface area contributed by atoms with Crippen LogP contribution in [0.3, 0.4) is 0 Å².